The fourth-order valence-corrected chi connectivity index (χ4v) is 3.30. The Morgan fingerprint density at radius 1 is 1.40 bits per heavy atom. The van der Waals surface area contributed by atoms with E-state index in [-0.39, 0.29) is 23.9 Å². The predicted molar refractivity (Wildman–Crippen MR) is 80.4 cm³/mol. The van der Waals surface area contributed by atoms with Crippen LogP contribution in [0.4, 0.5) is 0 Å². The zero-order chi connectivity index (χ0) is 15.3. The normalized spacial score (nSPS) is 28.6. The van der Waals surface area contributed by atoms with E-state index in [2.05, 4.69) is 24.2 Å². The van der Waals surface area contributed by atoms with Crippen LogP contribution < -0.4 is 16.8 Å². The minimum absolute atomic E-state index is 0.00324. The molecular weight excluding hydrogens is 256 g/mol. The molecule has 6 nitrogen and oxygen atoms in total. The molecule has 1 rings (SSSR count). The fraction of sp³-hybridized carbons (Fsp3) is 0.857. The molecule has 116 valence electrons. The Bertz CT molecular complexity index is 355. The molecule has 4 atom stereocenters. The van der Waals surface area contributed by atoms with Gasteiger partial charge in [-0.15, -0.1) is 0 Å². The smallest absolute Gasteiger partial charge is 0.306 e. The molecule has 0 radical (unpaired) electrons. The average molecular weight is 284 g/mol. The summed E-state index contributed by atoms with van der Waals surface area (Å²) in [5.74, 6) is -0.202. The van der Waals surface area contributed by atoms with Crippen LogP contribution in [0.25, 0.3) is 0 Å². The van der Waals surface area contributed by atoms with Gasteiger partial charge in [0.15, 0.2) is 5.96 Å². The molecule has 6 heteroatoms. The van der Waals surface area contributed by atoms with Gasteiger partial charge < -0.3 is 21.9 Å². The largest absolute Gasteiger partial charge is 0.481 e. The predicted octanol–water partition coefficient (Wildman–Crippen LogP) is 0.763. The van der Waals surface area contributed by atoms with Crippen LogP contribution in [0, 0.1) is 17.8 Å². The molecule has 1 fully saturated rings. The molecule has 0 aliphatic heterocycles. The second-order valence-corrected chi connectivity index (χ2v) is 5.68. The van der Waals surface area contributed by atoms with Crippen LogP contribution in [0.5, 0.6) is 0 Å². The van der Waals surface area contributed by atoms with Gasteiger partial charge in [0.2, 0.25) is 0 Å². The van der Waals surface area contributed by atoms with E-state index >= 15 is 0 Å². The summed E-state index contributed by atoms with van der Waals surface area (Å²) >= 11 is 0. The molecular formula is C14H28N4O2. The Morgan fingerprint density at radius 3 is 2.45 bits per heavy atom. The van der Waals surface area contributed by atoms with Gasteiger partial charge in [-0.2, -0.15) is 0 Å². The lowest BCUT2D eigenvalue weighted by atomic mass is 9.82. The molecule has 0 spiro atoms. The van der Waals surface area contributed by atoms with Crippen molar-refractivity contribution in [2.45, 2.75) is 51.6 Å². The Balaban J connectivity index is 2.84. The highest BCUT2D eigenvalue weighted by atomic mass is 16.4. The van der Waals surface area contributed by atoms with Gasteiger partial charge in [-0.05, 0) is 24.7 Å². The maximum absolute atomic E-state index is 11.2. The number of carbonyl (C=O) groups is 1. The average Bonchev–Trinajstić information content (AvgIpc) is 2.83. The summed E-state index contributed by atoms with van der Waals surface area (Å²) in [6, 6.07) is -0.00749. The molecule has 1 aliphatic rings. The molecule has 0 aromatic rings. The number of nitrogens with one attached hydrogen (secondary N) is 1. The van der Waals surface area contributed by atoms with Crippen molar-refractivity contribution in [1.29, 1.82) is 0 Å². The van der Waals surface area contributed by atoms with Crippen LogP contribution in [0.2, 0.25) is 0 Å². The summed E-state index contributed by atoms with van der Waals surface area (Å²) in [5.41, 5.74) is 12.1. The van der Waals surface area contributed by atoms with Crippen molar-refractivity contribution in [3.63, 3.8) is 0 Å². The maximum atomic E-state index is 11.2. The van der Waals surface area contributed by atoms with Crippen LogP contribution in [-0.4, -0.2) is 36.2 Å². The van der Waals surface area contributed by atoms with E-state index in [1.54, 1.807) is 7.05 Å². The number of aliphatic carboxylic acids is 1. The minimum Gasteiger partial charge on any atom is -0.481 e. The molecule has 0 heterocycles. The van der Waals surface area contributed by atoms with Gasteiger partial charge in [-0.25, -0.2) is 0 Å². The van der Waals surface area contributed by atoms with Gasteiger partial charge in [0.25, 0.3) is 0 Å². The third kappa shape index (κ3) is 3.85. The number of nitrogens with two attached hydrogens (primary N) is 2. The number of nitrogens with zero attached hydrogens (tertiary/aromatic N) is 1. The number of guanidine groups is 1. The summed E-state index contributed by atoms with van der Waals surface area (Å²) in [4.78, 5) is 15.1. The fourth-order valence-electron chi connectivity index (χ4n) is 3.30. The SMILES string of the molecule is CCC(CC)C(N)[C@@H]1C[C@@H](C(=O)O)C[C@H]1NC(N)=NC. The van der Waals surface area contributed by atoms with Crippen molar-refractivity contribution in [2.24, 2.45) is 34.2 Å². The van der Waals surface area contributed by atoms with Gasteiger partial charge in [-0.1, -0.05) is 26.7 Å². The van der Waals surface area contributed by atoms with Crippen LogP contribution >= 0.6 is 0 Å². The van der Waals surface area contributed by atoms with E-state index in [4.69, 9.17) is 11.5 Å². The van der Waals surface area contributed by atoms with Crippen LogP contribution in [0.3, 0.4) is 0 Å². The highest BCUT2D eigenvalue weighted by Crippen LogP contribution is 2.36. The first-order valence-corrected chi connectivity index (χ1v) is 7.41. The third-order valence-corrected chi connectivity index (χ3v) is 4.62. The summed E-state index contributed by atoms with van der Waals surface area (Å²) in [5, 5.41) is 12.4. The van der Waals surface area contributed by atoms with E-state index in [0.717, 1.165) is 12.8 Å². The molecule has 1 aliphatic carbocycles. The van der Waals surface area contributed by atoms with Crippen molar-refractivity contribution in [3.05, 3.63) is 0 Å². The summed E-state index contributed by atoms with van der Waals surface area (Å²) in [6.07, 6.45) is 3.19. The lowest BCUT2D eigenvalue weighted by Gasteiger charge is -2.31. The molecule has 1 saturated carbocycles. The Hall–Kier alpha value is -1.30. The first kappa shape index (κ1) is 16.8. The standard InChI is InChI=1S/C14H28N4O2/c1-4-8(5-2)12(15)10-6-9(13(19)20)7-11(10)18-14(16)17-3/h8-12H,4-7,15H2,1-3H3,(H,19,20)(H3,16,17,18)/t9-,10-,11-,12?/m1/s1. The van der Waals surface area contributed by atoms with Crippen molar-refractivity contribution < 1.29 is 9.90 Å². The highest BCUT2D eigenvalue weighted by Gasteiger charge is 2.42. The topological polar surface area (TPSA) is 114 Å². The van der Waals surface area contributed by atoms with Crippen LogP contribution in [0.1, 0.15) is 39.5 Å². The molecule has 20 heavy (non-hydrogen) atoms. The van der Waals surface area contributed by atoms with Gasteiger partial charge >= 0.3 is 5.97 Å². The number of carboxylic acids is 1. The highest BCUT2D eigenvalue weighted by molar-refractivity contribution is 5.78. The lowest BCUT2D eigenvalue weighted by molar-refractivity contribution is -0.141. The molecule has 0 amide bonds. The molecule has 0 saturated heterocycles. The summed E-state index contributed by atoms with van der Waals surface area (Å²) in [6.45, 7) is 4.25. The molecule has 0 bridgehead atoms. The second-order valence-electron chi connectivity index (χ2n) is 5.68. The van der Waals surface area contributed by atoms with E-state index in [1.165, 1.54) is 0 Å². The van der Waals surface area contributed by atoms with Gasteiger partial charge in [0.1, 0.15) is 0 Å². The van der Waals surface area contributed by atoms with Crippen molar-refractivity contribution in [2.75, 3.05) is 7.05 Å². The molecule has 1 unspecified atom stereocenters. The van der Waals surface area contributed by atoms with Gasteiger partial charge in [0, 0.05) is 19.1 Å². The number of hydrogen-bond donors (Lipinski definition) is 4. The van der Waals surface area contributed by atoms with E-state index in [1.807, 2.05) is 0 Å². The number of rotatable bonds is 6. The quantitative estimate of drug-likeness (QED) is 0.425. The van der Waals surface area contributed by atoms with Crippen LogP contribution in [-0.2, 0) is 4.79 Å². The third-order valence-electron chi connectivity index (χ3n) is 4.62. The first-order valence-electron chi connectivity index (χ1n) is 7.41. The summed E-state index contributed by atoms with van der Waals surface area (Å²) < 4.78 is 0. The Labute approximate surface area is 121 Å². The van der Waals surface area contributed by atoms with E-state index in [9.17, 15) is 9.90 Å². The zero-order valence-electron chi connectivity index (χ0n) is 12.7. The van der Waals surface area contributed by atoms with Crippen molar-refractivity contribution in [3.8, 4) is 0 Å². The Kier molecular flexibility index (Phi) is 6.26. The Morgan fingerprint density at radius 2 is 2.00 bits per heavy atom. The van der Waals surface area contributed by atoms with Crippen molar-refractivity contribution >= 4 is 11.9 Å². The maximum Gasteiger partial charge on any atom is 0.306 e. The van der Waals surface area contributed by atoms with Gasteiger partial charge in [-0.3, -0.25) is 9.79 Å². The lowest BCUT2D eigenvalue weighted by Crippen LogP contribution is -2.49. The van der Waals surface area contributed by atoms with E-state index in [0.29, 0.717) is 24.7 Å². The second kappa shape index (κ2) is 7.47. The number of carboxylic acid groups (broad SMARTS) is 1. The monoisotopic (exact) mass is 284 g/mol. The van der Waals surface area contributed by atoms with E-state index < -0.39 is 5.97 Å². The minimum atomic E-state index is -0.747. The summed E-state index contributed by atoms with van der Waals surface area (Å²) in [7, 11) is 1.61. The number of hydrogen-bond acceptors (Lipinski definition) is 3. The molecule has 0 aromatic carbocycles. The number of aliphatic imine (C=N–C) groups is 1. The van der Waals surface area contributed by atoms with Crippen molar-refractivity contribution in [1.82, 2.24) is 5.32 Å². The van der Waals surface area contributed by atoms with Gasteiger partial charge in [0.05, 0.1) is 5.92 Å². The van der Waals surface area contributed by atoms with Crippen LogP contribution in [0.15, 0.2) is 4.99 Å². The first-order chi connectivity index (χ1) is 9.44. The molecule has 6 N–H and O–H groups in total. The molecule has 0 aromatic heterocycles. The zero-order valence-corrected chi connectivity index (χ0v) is 12.7.